The molecule has 0 fully saturated rings. The van der Waals surface area contributed by atoms with Crippen LogP contribution in [0.25, 0.3) is 6.08 Å². The topological polar surface area (TPSA) is 12.0 Å². The molecule has 17 heavy (non-hydrogen) atoms. The molecule has 0 aliphatic carbocycles. The normalized spacial score (nSPS) is 12.8. The van der Waals surface area contributed by atoms with Crippen LogP contribution in [0.4, 0.5) is 0 Å². The van der Waals surface area contributed by atoms with E-state index in [1.165, 1.54) is 15.3 Å². The third-order valence-corrected chi connectivity index (χ3v) is 3.99. The lowest BCUT2D eigenvalue weighted by Crippen LogP contribution is -2.26. The minimum Gasteiger partial charge on any atom is -0.311 e. The Morgan fingerprint density at radius 2 is 2.00 bits per heavy atom. The molecule has 1 aromatic heterocycles. The van der Waals surface area contributed by atoms with Gasteiger partial charge < -0.3 is 5.32 Å². The Morgan fingerprint density at radius 1 is 1.29 bits per heavy atom. The standard InChI is InChI=1S/C15H25NS/c1-6-14-7-8-15(17-14)9-13(11(2)3)10-16-12(4)5/h7-9,11-12,16H,6,10H2,1-5H3. The van der Waals surface area contributed by atoms with Gasteiger partial charge in [-0.15, -0.1) is 11.3 Å². The van der Waals surface area contributed by atoms with E-state index in [2.05, 4.69) is 58.1 Å². The Hall–Kier alpha value is -0.600. The maximum atomic E-state index is 3.50. The largest absolute Gasteiger partial charge is 0.311 e. The first-order chi connectivity index (χ1) is 8.02. The number of aryl methyl sites for hydroxylation is 1. The number of thiophene rings is 1. The minimum absolute atomic E-state index is 0.548. The summed E-state index contributed by atoms with van der Waals surface area (Å²) in [6.07, 6.45) is 3.49. The Bertz CT molecular complexity index is 361. The van der Waals surface area contributed by atoms with Crippen LogP contribution in [0.5, 0.6) is 0 Å². The highest BCUT2D eigenvalue weighted by atomic mass is 32.1. The predicted molar refractivity (Wildman–Crippen MR) is 79.7 cm³/mol. The van der Waals surface area contributed by atoms with Crippen LogP contribution in [0.3, 0.4) is 0 Å². The van der Waals surface area contributed by atoms with E-state index >= 15 is 0 Å². The van der Waals surface area contributed by atoms with Crippen molar-refractivity contribution in [3.8, 4) is 0 Å². The second-order valence-corrected chi connectivity index (χ2v) is 6.27. The first kappa shape index (κ1) is 14.5. The van der Waals surface area contributed by atoms with Crippen molar-refractivity contribution in [2.24, 2.45) is 5.92 Å². The summed E-state index contributed by atoms with van der Waals surface area (Å²) in [7, 11) is 0. The Kier molecular flexibility index (Phi) is 5.93. The molecule has 0 radical (unpaired) electrons. The van der Waals surface area contributed by atoms with Gasteiger partial charge in [0.2, 0.25) is 0 Å². The van der Waals surface area contributed by atoms with E-state index in [-0.39, 0.29) is 0 Å². The lowest BCUT2D eigenvalue weighted by Gasteiger charge is -2.14. The molecule has 0 saturated heterocycles. The van der Waals surface area contributed by atoms with E-state index in [0.717, 1.165) is 13.0 Å². The van der Waals surface area contributed by atoms with Crippen molar-refractivity contribution in [2.45, 2.75) is 47.1 Å². The van der Waals surface area contributed by atoms with Crippen molar-refractivity contribution in [1.82, 2.24) is 5.32 Å². The van der Waals surface area contributed by atoms with Crippen LogP contribution in [0, 0.1) is 5.92 Å². The average molecular weight is 251 g/mol. The van der Waals surface area contributed by atoms with Crippen molar-refractivity contribution >= 4 is 17.4 Å². The summed E-state index contributed by atoms with van der Waals surface area (Å²) in [6, 6.07) is 5.03. The summed E-state index contributed by atoms with van der Waals surface area (Å²) >= 11 is 1.91. The van der Waals surface area contributed by atoms with Crippen LogP contribution in [-0.2, 0) is 6.42 Å². The van der Waals surface area contributed by atoms with Crippen LogP contribution in [0.1, 0.15) is 44.4 Å². The zero-order valence-corrected chi connectivity index (χ0v) is 12.5. The molecule has 0 spiro atoms. The zero-order chi connectivity index (χ0) is 12.8. The van der Waals surface area contributed by atoms with Gasteiger partial charge in [-0.1, -0.05) is 40.2 Å². The monoisotopic (exact) mass is 251 g/mol. The maximum absolute atomic E-state index is 3.50. The fourth-order valence-corrected chi connectivity index (χ4v) is 2.52. The summed E-state index contributed by atoms with van der Waals surface area (Å²) in [5, 5.41) is 3.50. The maximum Gasteiger partial charge on any atom is 0.0273 e. The van der Waals surface area contributed by atoms with Gasteiger partial charge in [0.1, 0.15) is 0 Å². The predicted octanol–water partition coefficient (Wildman–Crippen LogP) is 4.35. The van der Waals surface area contributed by atoms with Gasteiger partial charge >= 0.3 is 0 Å². The van der Waals surface area contributed by atoms with Gasteiger partial charge in [-0.2, -0.15) is 0 Å². The van der Waals surface area contributed by atoms with Crippen molar-refractivity contribution in [3.63, 3.8) is 0 Å². The summed E-state index contributed by atoms with van der Waals surface area (Å²) in [6.45, 7) is 12.1. The molecule has 0 aromatic carbocycles. The average Bonchev–Trinajstić information content (AvgIpc) is 2.71. The number of hydrogen-bond donors (Lipinski definition) is 1. The highest BCUT2D eigenvalue weighted by molar-refractivity contribution is 7.12. The molecule has 0 aliphatic heterocycles. The molecule has 0 amide bonds. The molecule has 96 valence electrons. The molecule has 1 nitrogen and oxygen atoms in total. The van der Waals surface area contributed by atoms with Gasteiger partial charge in [-0.3, -0.25) is 0 Å². The van der Waals surface area contributed by atoms with Gasteiger partial charge in [0.25, 0.3) is 0 Å². The Balaban J connectivity index is 2.75. The highest BCUT2D eigenvalue weighted by Gasteiger charge is 2.05. The molecule has 0 unspecified atom stereocenters. The first-order valence-corrected chi connectivity index (χ1v) is 7.37. The van der Waals surface area contributed by atoms with E-state index in [9.17, 15) is 0 Å². The van der Waals surface area contributed by atoms with Gasteiger partial charge in [0, 0.05) is 22.3 Å². The smallest absolute Gasteiger partial charge is 0.0273 e. The van der Waals surface area contributed by atoms with Crippen LogP contribution >= 0.6 is 11.3 Å². The molecule has 1 N–H and O–H groups in total. The third kappa shape index (κ3) is 5.05. The van der Waals surface area contributed by atoms with Crippen molar-refractivity contribution in [2.75, 3.05) is 6.54 Å². The SMILES string of the molecule is CCc1ccc(C=C(CNC(C)C)C(C)C)s1. The van der Waals surface area contributed by atoms with E-state index in [1.54, 1.807) is 0 Å². The number of nitrogens with one attached hydrogen (secondary N) is 1. The van der Waals surface area contributed by atoms with Crippen LogP contribution in [-0.4, -0.2) is 12.6 Å². The van der Waals surface area contributed by atoms with Crippen molar-refractivity contribution in [1.29, 1.82) is 0 Å². The fraction of sp³-hybridized carbons (Fsp3) is 0.600. The molecule has 0 saturated carbocycles. The summed E-state index contributed by atoms with van der Waals surface area (Å²) in [5.41, 5.74) is 1.49. The van der Waals surface area contributed by atoms with Gasteiger partial charge in [0.15, 0.2) is 0 Å². The molecule has 0 atom stereocenters. The van der Waals surface area contributed by atoms with E-state index < -0.39 is 0 Å². The lowest BCUT2D eigenvalue weighted by molar-refractivity contribution is 0.593. The fourth-order valence-electron chi connectivity index (χ4n) is 1.59. The molecule has 1 heterocycles. The van der Waals surface area contributed by atoms with Gasteiger partial charge in [-0.25, -0.2) is 0 Å². The molecule has 1 rings (SSSR count). The molecule has 0 bridgehead atoms. The van der Waals surface area contributed by atoms with Crippen LogP contribution in [0.15, 0.2) is 17.7 Å². The first-order valence-electron chi connectivity index (χ1n) is 6.55. The molecular weight excluding hydrogens is 226 g/mol. The van der Waals surface area contributed by atoms with Gasteiger partial charge in [0.05, 0.1) is 0 Å². The number of hydrogen-bond acceptors (Lipinski definition) is 2. The quantitative estimate of drug-likeness (QED) is 0.792. The molecular formula is C15H25NS. The molecule has 0 aliphatic rings. The lowest BCUT2D eigenvalue weighted by atomic mass is 10.0. The van der Waals surface area contributed by atoms with E-state index in [4.69, 9.17) is 0 Å². The third-order valence-electron chi connectivity index (χ3n) is 2.81. The minimum atomic E-state index is 0.548. The summed E-state index contributed by atoms with van der Waals surface area (Å²) < 4.78 is 0. The Labute approximate surface area is 110 Å². The Morgan fingerprint density at radius 3 is 2.47 bits per heavy atom. The zero-order valence-electron chi connectivity index (χ0n) is 11.7. The second-order valence-electron chi connectivity index (χ2n) is 5.07. The van der Waals surface area contributed by atoms with E-state index in [1.807, 2.05) is 11.3 Å². The summed E-state index contributed by atoms with van der Waals surface area (Å²) in [4.78, 5) is 2.85. The van der Waals surface area contributed by atoms with E-state index in [0.29, 0.717) is 12.0 Å². The van der Waals surface area contributed by atoms with Crippen molar-refractivity contribution in [3.05, 3.63) is 27.5 Å². The van der Waals surface area contributed by atoms with Gasteiger partial charge in [-0.05, 0) is 30.5 Å². The van der Waals surface area contributed by atoms with Crippen LogP contribution < -0.4 is 5.32 Å². The highest BCUT2D eigenvalue weighted by Crippen LogP contribution is 2.22. The second kappa shape index (κ2) is 6.97. The van der Waals surface area contributed by atoms with Crippen molar-refractivity contribution < 1.29 is 0 Å². The number of rotatable bonds is 6. The molecule has 1 aromatic rings. The summed E-state index contributed by atoms with van der Waals surface area (Å²) in [5.74, 6) is 0.605. The molecule has 2 heteroatoms. The van der Waals surface area contributed by atoms with Crippen LogP contribution in [0.2, 0.25) is 0 Å².